The Labute approximate surface area is 79.8 Å². The maximum absolute atomic E-state index is 11.7. The normalized spacial score (nSPS) is 21.5. The van der Waals surface area contributed by atoms with Crippen LogP contribution in [0.1, 0.15) is 13.3 Å². The van der Waals surface area contributed by atoms with Gasteiger partial charge in [0.1, 0.15) is 0 Å². The van der Waals surface area contributed by atoms with E-state index >= 15 is 0 Å². The monoisotopic (exact) mass is 182 g/mol. The molecule has 74 valence electrons. The maximum Gasteiger partial charge on any atom is 0.227 e. The first-order chi connectivity index (χ1) is 6.11. The molecule has 0 aliphatic carbocycles. The second-order valence-corrected chi connectivity index (χ2v) is 3.84. The second kappa shape index (κ2) is 4.42. The van der Waals surface area contributed by atoms with Crippen molar-refractivity contribution in [2.45, 2.75) is 13.3 Å². The summed E-state index contributed by atoms with van der Waals surface area (Å²) < 4.78 is 0. The Morgan fingerprint density at radius 1 is 1.69 bits per heavy atom. The number of nitrogens with one attached hydrogen (secondary N) is 1. The van der Waals surface area contributed by atoms with Crippen molar-refractivity contribution < 1.29 is 4.79 Å². The van der Waals surface area contributed by atoms with Gasteiger partial charge in [-0.3, -0.25) is 4.79 Å². The predicted molar refractivity (Wildman–Crippen MR) is 53.4 cm³/mol. The minimum Gasteiger partial charge on any atom is -0.342 e. The number of hydrogen-bond donors (Lipinski definition) is 1. The van der Waals surface area contributed by atoms with E-state index in [1.807, 2.05) is 14.0 Å². The van der Waals surface area contributed by atoms with Crippen LogP contribution in [0.25, 0.3) is 0 Å². The molecule has 0 radical (unpaired) electrons. The van der Waals surface area contributed by atoms with Gasteiger partial charge in [-0.1, -0.05) is 12.2 Å². The SMILES string of the molecule is C=C(C)CN(C)C(=O)C1CCNC1. The molecule has 1 aliphatic rings. The largest absolute Gasteiger partial charge is 0.342 e. The van der Waals surface area contributed by atoms with Crippen molar-refractivity contribution in [3.63, 3.8) is 0 Å². The lowest BCUT2D eigenvalue weighted by Crippen LogP contribution is -2.34. The highest BCUT2D eigenvalue weighted by Gasteiger charge is 2.24. The summed E-state index contributed by atoms with van der Waals surface area (Å²) in [6, 6.07) is 0. The van der Waals surface area contributed by atoms with Crippen molar-refractivity contribution in [2.24, 2.45) is 5.92 Å². The zero-order chi connectivity index (χ0) is 9.84. The molecule has 0 spiro atoms. The highest BCUT2D eigenvalue weighted by atomic mass is 16.2. The van der Waals surface area contributed by atoms with Crippen molar-refractivity contribution in [3.8, 4) is 0 Å². The molecule has 1 unspecified atom stereocenters. The van der Waals surface area contributed by atoms with E-state index in [4.69, 9.17) is 0 Å². The fraction of sp³-hybridized carbons (Fsp3) is 0.700. The average Bonchev–Trinajstić information content (AvgIpc) is 2.53. The van der Waals surface area contributed by atoms with Gasteiger partial charge in [-0.2, -0.15) is 0 Å². The molecule has 1 heterocycles. The summed E-state index contributed by atoms with van der Waals surface area (Å²) in [5, 5.41) is 3.19. The molecule has 0 aromatic rings. The van der Waals surface area contributed by atoms with Gasteiger partial charge in [-0.15, -0.1) is 0 Å². The van der Waals surface area contributed by atoms with E-state index in [0.717, 1.165) is 25.1 Å². The number of amides is 1. The summed E-state index contributed by atoms with van der Waals surface area (Å²) in [6.45, 7) is 8.21. The first-order valence-corrected chi connectivity index (χ1v) is 4.71. The molecule has 3 heteroatoms. The second-order valence-electron chi connectivity index (χ2n) is 3.84. The zero-order valence-electron chi connectivity index (χ0n) is 8.47. The minimum atomic E-state index is 0.185. The average molecular weight is 182 g/mol. The maximum atomic E-state index is 11.7. The van der Waals surface area contributed by atoms with Gasteiger partial charge in [-0.05, 0) is 19.9 Å². The molecule has 1 amide bonds. The van der Waals surface area contributed by atoms with Crippen LogP contribution in [-0.4, -0.2) is 37.5 Å². The first-order valence-electron chi connectivity index (χ1n) is 4.71. The summed E-state index contributed by atoms with van der Waals surface area (Å²) in [5.74, 6) is 0.428. The van der Waals surface area contributed by atoms with Crippen molar-refractivity contribution >= 4 is 5.91 Å². The van der Waals surface area contributed by atoms with Gasteiger partial charge < -0.3 is 10.2 Å². The predicted octanol–water partition coefficient (Wildman–Crippen LogP) is 0.630. The van der Waals surface area contributed by atoms with Crippen molar-refractivity contribution in [3.05, 3.63) is 12.2 Å². The molecule has 0 aromatic carbocycles. The van der Waals surface area contributed by atoms with Gasteiger partial charge in [0, 0.05) is 20.1 Å². The molecule has 13 heavy (non-hydrogen) atoms. The molecular weight excluding hydrogens is 164 g/mol. The Hall–Kier alpha value is -0.830. The van der Waals surface area contributed by atoms with Crippen LogP contribution in [0, 0.1) is 5.92 Å². The smallest absolute Gasteiger partial charge is 0.227 e. The van der Waals surface area contributed by atoms with E-state index < -0.39 is 0 Å². The fourth-order valence-electron chi connectivity index (χ4n) is 1.66. The van der Waals surface area contributed by atoms with Gasteiger partial charge in [0.2, 0.25) is 5.91 Å². The van der Waals surface area contributed by atoms with Gasteiger partial charge in [0.15, 0.2) is 0 Å². The minimum absolute atomic E-state index is 0.185. The van der Waals surface area contributed by atoms with Crippen LogP contribution in [0.3, 0.4) is 0 Å². The molecule has 1 atom stereocenters. The Morgan fingerprint density at radius 3 is 2.85 bits per heavy atom. The highest BCUT2D eigenvalue weighted by Crippen LogP contribution is 2.11. The van der Waals surface area contributed by atoms with E-state index in [0.29, 0.717) is 6.54 Å². The van der Waals surface area contributed by atoms with E-state index in [9.17, 15) is 4.79 Å². The molecule has 1 N–H and O–H groups in total. The van der Waals surface area contributed by atoms with Gasteiger partial charge in [0.25, 0.3) is 0 Å². The number of likely N-dealkylation sites (N-methyl/N-ethyl adjacent to an activating group) is 1. The molecule has 1 saturated heterocycles. The van der Waals surface area contributed by atoms with E-state index in [-0.39, 0.29) is 11.8 Å². The molecule has 3 nitrogen and oxygen atoms in total. The lowest BCUT2D eigenvalue weighted by atomic mass is 10.1. The lowest BCUT2D eigenvalue weighted by Gasteiger charge is -2.20. The van der Waals surface area contributed by atoms with Crippen molar-refractivity contribution in [2.75, 3.05) is 26.7 Å². The van der Waals surface area contributed by atoms with Crippen LogP contribution < -0.4 is 5.32 Å². The third-order valence-electron chi connectivity index (χ3n) is 2.29. The van der Waals surface area contributed by atoms with Crippen molar-refractivity contribution in [1.82, 2.24) is 10.2 Å². The number of nitrogens with zero attached hydrogens (tertiary/aromatic N) is 1. The summed E-state index contributed by atoms with van der Waals surface area (Å²) >= 11 is 0. The van der Waals surface area contributed by atoms with E-state index in [1.54, 1.807) is 4.90 Å². The van der Waals surface area contributed by atoms with E-state index in [1.165, 1.54) is 0 Å². The van der Waals surface area contributed by atoms with Crippen LogP contribution in [0.2, 0.25) is 0 Å². The molecule has 0 saturated carbocycles. The Kier molecular flexibility index (Phi) is 3.48. The molecule has 1 rings (SSSR count). The summed E-state index contributed by atoms with van der Waals surface area (Å²) in [6.07, 6.45) is 0.972. The van der Waals surface area contributed by atoms with Gasteiger partial charge in [-0.25, -0.2) is 0 Å². The Bertz CT molecular complexity index is 207. The third-order valence-corrected chi connectivity index (χ3v) is 2.29. The summed E-state index contributed by atoms with van der Waals surface area (Å²) in [4.78, 5) is 13.5. The number of carbonyl (C=O) groups excluding carboxylic acids is 1. The summed E-state index contributed by atoms with van der Waals surface area (Å²) in [7, 11) is 1.84. The van der Waals surface area contributed by atoms with Crippen LogP contribution in [-0.2, 0) is 4.79 Å². The standard InChI is InChI=1S/C10H18N2O/c1-8(2)7-12(3)10(13)9-4-5-11-6-9/h9,11H,1,4-7H2,2-3H3. The van der Waals surface area contributed by atoms with Gasteiger partial charge >= 0.3 is 0 Å². The van der Waals surface area contributed by atoms with Crippen LogP contribution in [0.15, 0.2) is 12.2 Å². The molecule has 1 fully saturated rings. The molecule has 1 aliphatic heterocycles. The zero-order valence-corrected chi connectivity index (χ0v) is 8.47. The molecule has 0 aromatic heterocycles. The fourth-order valence-corrected chi connectivity index (χ4v) is 1.66. The lowest BCUT2D eigenvalue weighted by molar-refractivity contribution is -0.133. The Balaban J connectivity index is 2.41. The third kappa shape index (κ3) is 2.84. The topological polar surface area (TPSA) is 32.3 Å². The number of carbonyl (C=O) groups is 1. The van der Waals surface area contributed by atoms with Crippen molar-refractivity contribution in [1.29, 1.82) is 0 Å². The summed E-state index contributed by atoms with van der Waals surface area (Å²) in [5.41, 5.74) is 1.03. The van der Waals surface area contributed by atoms with Gasteiger partial charge in [0.05, 0.1) is 5.92 Å². The highest BCUT2D eigenvalue weighted by molar-refractivity contribution is 5.79. The Morgan fingerprint density at radius 2 is 2.38 bits per heavy atom. The number of hydrogen-bond acceptors (Lipinski definition) is 2. The molecular formula is C10H18N2O. The van der Waals surface area contributed by atoms with E-state index in [2.05, 4.69) is 11.9 Å². The first kappa shape index (κ1) is 10.3. The van der Waals surface area contributed by atoms with Crippen LogP contribution in [0.4, 0.5) is 0 Å². The number of rotatable bonds is 3. The van der Waals surface area contributed by atoms with Crippen LogP contribution in [0.5, 0.6) is 0 Å². The molecule has 0 bridgehead atoms. The van der Waals surface area contributed by atoms with Crippen LogP contribution >= 0.6 is 0 Å². The quantitative estimate of drug-likeness (QED) is 0.649.